The fourth-order valence-electron chi connectivity index (χ4n) is 6.69. The average Bonchev–Trinajstić information content (AvgIpc) is 3.08. The molecule has 0 heterocycles. The Balaban J connectivity index is 4.27. The number of unbranched alkanes of at least 4 members (excludes halogenated alkanes) is 25. The number of hydrogen-bond donors (Lipinski definition) is 3. The lowest BCUT2D eigenvalue weighted by molar-refractivity contribution is -0.150. The molecule has 0 aliphatic heterocycles. The molecule has 0 aromatic carbocycles. The van der Waals surface area contributed by atoms with Gasteiger partial charge in [-0.3, -0.25) is 9.59 Å². The van der Waals surface area contributed by atoms with Crippen LogP contribution in [-0.4, -0.2) is 41.6 Å². The molecular formula is C42H82N2O5. The number of carboxylic acids is 1. The first kappa shape index (κ1) is 47.4. The molecule has 0 aliphatic carbocycles. The third kappa shape index (κ3) is 34.6. The van der Waals surface area contributed by atoms with Gasteiger partial charge in [-0.1, -0.05) is 168 Å². The molecule has 0 saturated carbocycles. The number of carboxylic acid groups (broad SMARTS) is 1. The SMILES string of the molecule is CCCCCCCCCCCCCCCCC(CCCCCCCC(=O)NC(CCCN)C(=O)O)OC(=O)CCCCCCCCCCC. The van der Waals surface area contributed by atoms with Gasteiger partial charge in [0.05, 0.1) is 0 Å². The fourth-order valence-corrected chi connectivity index (χ4v) is 6.69. The highest BCUT2D eigenvalue weighted by molar-refractivity contribution is 5.83. The maximum Gasteiger partial charge on any atom is 0.326 e. The van der Waals surface area contributed by atoms with Gasteiger partial charge < -0.3 is 20.9 Å². The van der Waals surface area contributed by atoms with E-state index in [0.717, 1.165) is 64.2 Å². The maximum atomic E-state index is 12.7. The molecule has 4 N–H and O–H groups in total. The van der Waals surface area contributed by atoms with Gasteiger partial charge in [-0.15, -0.1) is 0 Å². The van der Waals surface area contributed by atoms with E-state index in [1.807, 2.05) is 0 Å². The summed E-state index contributed by atoms with van der Waals surface area (Å²) in [6.07, 6.45) is 38.6. The average molecular weight is 695 g/mol. The van der Waals surface area contributed by atoms with Crippen molar-refractivity contribution < 1.29 is 24.2 Å². The topological polar surface area (TPSA) is 119 Å². The molecule has 2 atom stereocenters. The largest absolute Gasteiger partial charge is 0.480 e. The van der Waals surface area contributed by atoms with Gasteiger partial charge in [0.25, 0.3) is 0 Å². The summed E-state index contributed by atoms with van der Waals surface area (Å²) in [5.74, 6) is -1.22. The monoisotopic (exact) mass is 695 g/mol. The number of hydrogen-bond acceptors (Lipinski definition) is 5. The Morgan fingerprint density at radius 3 is 1.27 bits per heavy atom. The van der Waals surface area contributed by atoms with Crippen LogP contribution in [0.25, 0.3) is 0 Å². The van der Waals surface area contributed by atoms with Gasteiger partial charge in [-0.05, 0) is 57.9 Å². The third-order valence-electron chi connectivity index (χ3n) is 9.92. The minimum absolute atomic E-state index is 0.0181. The second-order valence-corrected chi connectivity index (χ2v) is 14.8. The first-order chi connectivity index (χ1) is 23.9. The Morgan fingerprint density at radius 2 is 0.878 bits per heavy atom. The summed E-state index contributed by atoms with van der Waals surface area (Å²) < 4.78 is 6.03. The van der Waals surface area contributed by atoms with Gasteiger partial charge in [-0.2, -0.15) is 0 Å². The van der Waals surface area contributed by atoms with Crippen LogP contribution in [0.5, 0.6) is 0 Å². The van der Waals surface area contributed by atoms with E-state index in [9.17, 15) is 19.5 Å². The molecule has 0 aromatic rings. The molecule has 2 unspecified atom stereocenters. The van der Waals surface area contributed by atoms with Gasteiger partial charge in [-0.25, -0.2) is 4.79 Å². The summed E-state index contributed by atoms with van der Waals surface area (Å²) in [4.78, 5) is 36.3. The zero-order valence-corrected chi connectivity index (χ0v) is 32.6. The lowest BCUT2D eigenvalue weighted by Crippen LogP contribution is -2.40. The number of esters is 1. The van der Waals surface area contributed by atoms with Crippen molar-refractivity contribution in [3.05, 3.63) is 0 Å². The normalized spacial score (nSPS) is 12.6. The number of carbonyl (C=O) groups is 3. The molecule has 0 radical (unpaired) electrons. The smallest absolute Gasteiger partial charge is 0.326 e. The van der Waals surface area contributed by atoms with Crippen molar-refractivity contribution in [2.24, 2.45) is 5.73 Å². The molecule has 0 aliphatic rings. The first-order valence-corrected chi connectivity index (χ1v) is 21.4. The molecule has 0 rings (SSSR count). The van der Waals surface area contributed by atoms with Crippen LogP contribution in [0.15, 0.2) is 0 Å². The van der Waals surface area contributed by atoms with E-state index in [1.54, 1.807) is 0 Å². The Bertz CT molecular complexity index is 747. The number of carbonyl (C=O) groups excluding carboxylic acids is 2. The van der Waals surface area contributed by atoms with Crippen molar-refractivity contribution in [3.8, 4) is 0 Å². The van der Waals surface area contributed by atoms with Gasteiger partial charge >= 0.3 is 11.9 Å². The minimum atomic E-state index is -1.00. The van der Waals surface area contributed by atoms with E-state index in [0.29, 0.717) is 32.2 Å². The van der Waals surface area contributed by atoms with Crippen LogP contribution in [0, 0.1) is 0 Å². The Hall–Kier alpha value is -1.63. The summed E-state index contributed by atoms with van der Waals surface area (Å²) in [6, 6.07) is -0.851. The third-order valence-corrected chi connectivity index (χ3v) is 9.92. The predicted octanol–water partition coefficient (Wildman–Crippen LogP) is 11.7. The van der Waals surface area contributed by atoms with Gasteiger partial charge in [0.2, 0.25) is 5.91 Å². The van der Waals surface area contributed by atoms with E-state index in [2.05, 4.69) is 19.2 Å². The maximum absolute atomic E-state index is 12.7. The van der Waals surface area contributed by atoms with Crippen LogP contribution in [0.4, 0.5) is 0 Å². The van der Waals surface area contributed by atoms with Crippen molar-refractivity contribution in [2.45, 2.75) is 244 Å². The molecule has 49 heavy (non-hydrogen) atoms. The molecule has 1 amide bonds. The van der Waals surface area contributed by atoms with Crippen molar-refractivity contribution in [2.75, 3.05) is 6.54 Å². The number of amides is 1. The molecule has 7 heteroatoms. The fraction of sp³-hybridized carbons (Fsp3) is 0.929. The van der Waals surface area contributed by atoms with Gasteiger partial charge in [0, 0.05) is 12.8 Å². The molecule has 290 valence electrons. The highest BCUT2D eigenvalue weighted by Crippen LogP contribution is 2.19. The first-order valence-electron chi connectivity index (χ1n) is 21.4. The summed E-state index contributed by atoms with van der Waals surface area (Å²) in [5.41, 5.74) is 5.48. The molecular weight excluding hydrogens is 612 g/mol. The zero-order valence-electron chi connectivity index (χ0n) is 32.6. The lowest BCUT2D eigenvalue weighted by Gasteiger charge is -2.18. The summed E-state index contributed by atoms with van der Waals surface area (Å²) in [7, 11) is 0. The molecule has 0 aromatic heterocycles. The number of aliphatic carboxylic acids is 1. The summed E-state index contributed by atoms with van der Waals surface area (Å²) in [6.45, 7) is 4.95. The molecule has 0 spiro atoms. The van der Waals surface area contributed by atoms with E-state index in [1.165, 1.54) is 128 Å². The second-order valence-electron chi connectivity index (χ2n) is 14.8. The Labute approximate surface area is 303 Å². The molecule has 0 fully saturated rings. The predicted molar refractivity (Wildman–Crippen MR) is 207 cm³/mol. The van der Waals surface area contributed by atoms with Crippen LogP contribution in [0.3, 0.4) is 0 Å². The van der Waals surface area contributed by atoms with Crippen molar-refractivity contribution in [3.63, 3.8) is 0 Å². The van der Waals surface area contributed by atoms with E-state index in [4.69, 9.17) is 10.5 Å². The summed E-state index contributed by atoms with van der Waals surface area (Å²) in [5, 5.41) is 11.9. The quantitative estimate of drug-likeness (QED) is 0.0435. The van der Waals surface area contributed by atoms with Crippen molar-refractivity contribution >= 4 is 17.8 Å². The zero-order chi connectivity index (χ0) is 36.0. The highest BCUT2D eigenvalue weighted by Gasteiger charge is 2.19. The van der Waals surface area contributed by atoms with Crippen LogP contribution >= 0.6 is 0 Å². The molecule has 0 bridgehead atoms. The number of nitrogens with two attached hydrogens (primary N) is 1. The molecule has 0 saturated heterocycles. The number of rotatable bonds is 39. The van der Waals surface area contributed by atoms with Crippen LogP contribution in [-0.2, 0) is 19.1 Å². The molecule has 7 nitrogen and oxygen atoms in total. The minimum Gasteiger partial charge on any atom is -0.480 e. The number of nitrogens with one attached hydrogen (secondary N) is 1. The standard InChI is InChI=1S/C42H82N2O5/c1-3-5-7-9-11-13-14-15-16-17-19-20-23-27-32-38(49-41(46)36-30-26-21-18-12-10-8-6-4-2)33-28-24-22-25-29-35-40(45)44-39(42(47)48)34-31-37-43/h38-39H,3-37,43H2,1-2H3,(H,44,45)(H,47,48). The van der Waals surface area contributed by atoms with Crippen molar-refractivity contribution in [1.82, 2.24) is 5.32 Å². The van der Waals surface area contributed by atoms with Crippen LogP contribution in [0.2, 0.25) is 0 Å². The lowest BCUT2D eigenvalue weighted by atomic mass is 10.0. The highest BCUT2D eigenvalue weighted by atomic mass is 16.5. The van der Waals surface area contributed by atoms with E-state index >= 15 is 0 Å². The van der Waals surface area contributed by atoms with E-state index in [-0.39, 0.29) is 18.0 Å². The van der Waals surface area contributed by atoms with Crippen molar-refractivity contribution in [1.29, 1.82) is 0 Å². The van der Waals surface area contributed by atoms with Gasteiger partial charge in [0.1, 0.15) is 12.1 Å². The number of ether oxygens (including phenoxy) is 1. The van der Waals surface area contributed by atoms with E-state index < -0.39 is 12.0 Å². The van der Waals surface area contributed by atoms with Crippen LogP contribution < -0.4 is 11.1 Å². The summed E-state index contributed by atoms with van der Waals surface area (Å²) >= 11 is 0. The second kappa shape index (κ2) is 37.6. The van der Waals surface area contributed by atoms with Gasteiger partial charge in [0.15, 0.2) is 0 Å². The Kier molecular flexibility index (Phi) is 36.4. The van der Waals surface area contributed by atoms with Crippen LogP contribution in [0.1, 0.15) is 232 Å². The Morgan fingerprint density at radius 1 is 0.510 bits per heavy atom.